The van der Waals surface area contributed by atoms with Crippen LogP contribution in [0.4, 0.5) is 4.79 Å². The molecule has 0 aromatic carbocycles. The summed E-state index contributed by atoms with van der Waals surface area (Å²) in [5.74, 6) is -0.729. The summed E-state index contributed by atoms with van der Waals surface area (Å²) in [5.41, 5.74) is -0.610. The summed E-state index contributed by atoms with van der Waals surface area (Å²) in [6.07, 6.45) is 0.938. The second-order valence-electron chi connectivity index (χ2n) is 4.97. The number of hydrogen-bond acceptors (Lipinski definition) is 4. The maximum absolute atomic E-state index is 11.7. The average Bonchev–Trinajstić information content (AvgIpc) is 2.22. The van der Waals surface area contributed by atoms with E-state index in [0.717, 1.165) is 0 Å². The molecule has 0 radical (unpaired) electrons. The van der Waals surface area contributed by atoms with Crippen molar-refractivity contribution in [2.24, 2.45) is 5.92 Å². The van der Waals surface area contributed by atoms with Crippen LogP contribution in [0, 0.1) is 5.92 Å². The fourth-order valence-corrected chi connectivity index (χ4v) is 1.21. The number of nitrogens with one attached hydrogen (secondary N) is 1. The number of carbonyl (C=O) groups excluding carboxylic acids is 2. The Kier molecular flexibility index (Phi) is 6.44. The molecule has 0 aromatic heterocycles. The molecule has 1 N–H and O–H groups in total. The monoisotopic (exact) mass is 257 g/mol. The lowest BCUT2D eigenvalue weighted by Crippen LogP contribution is -2.47. The van der Waals surface area contributed by atoms with Crippen molar-refractivity contribution in [2.75, 3.05) is 6.61 Å². The summed E-state index contributed by atoms with van der Waals surface area (Å²) < 4.78 is 10.0. The van der Waals surface area contributed by atoms with Crippen LogP contribution in [0.5, 0.6) is 0 Å². The first kappa shape index (κ1) is 16.5. The quantitative estimate of drug-likeness (QED) is 0.606. The van der Waals surface area contributed by atoms with Gasteiger partial charge in [0.1, 0.15) is 11.6 Å². The van der Waals surface area contributed by atoms with Crippen molar-refractivity contribution >= 4 is 12.1 Å². The van der Waals surface area contributed by atoms with Crippen LogP contribution in [-0.4, -0.2) is 30.3 Å². The molecule has 0 fully saturated rings. The van der Waals surface area contributed by atoms with E-state index < -0.39 is 23.7 Å². The minimum atomic E-state index is -0.780. The molecule has 0 aliphatic rings. The molecule has 0 aromatic rings. The van der Waals surface area contributed by atoms with Gasteiger partial charge in [-0.05, 0) is 27.7 Å². The van der Waals surface area contributed by atoms with Crippen molar-refractivity contribution in [3.8, 4) is 0 Å². The van der Waals surface area contributed by atoms with Crippen LogP contribution in [0.15, 0.2) is 12.7 Å². The van der Waals surface area contributed by atoms with Gasteiger partial charge in [0, 0.05) is 5.92 Å². The van der Waals surface area contributed by atoms with Gasteiger partial charge in [-0.1, -0.05) is 13.0 Å². The van der Waals surface area contributed by atoms with Gasteiger partial charge in [-0.15, -0.1) is 6.58 Å². The molecular weight excluding hydrogens is 234 g/mol. The van der Waals surface area contributed by atoms with E-state index in [1.807, 2.05) is 0 Å². The predicted octanol–water partition coefficient (Wildman–Crippen LogP) is 2.26. The Morgan fingerprint density at radius 1 is 1.39 bits per heavy atom. The molecule has 0 aliphatic carbocycles. The van der Waals surface area contributed by atoms with Crippen molar-refractivity contribution < 1.29 is 19.1 Å². The average molecular weight is 257 g/mol. The minimum Gasteiger partial charge on any atom is -0.464 e. The van der Waals surface area contributed by atoms with Gasteiger partial charge in [-0.25, -0.2) is 9.59 Å². The molecule has 104 valence electrons. The smallest absolute Gasteiger partial charge is 0.408 e. The number of ether oxygens (including phenoxy) is 2. The van der Waals surface area contributed by atoms with Gasteiger partial charge in [-0.2, -0.15) is 0 Å². The molecule has 5 heteroatoms. The maximum atomic E-state index is 11.7. The van der Waals surface area contributed by atoms with E-state index >= 15 is 0 Å². The van der Waals surface area contributed by atoms with Gasteiger partial charge < -0.3 is 14.8 Å². The Balaban J connectivity index is 4.64. The summed E-state index contributed by atoms with van der Waals surface area (Å²) in [6.45, 7) is 12.6. The third-order valence-electron chi connectivity index (χ3n) is 2.11. The van der Waals surface area contributed by atoms with Gasteiger partial charge in [0.2, 0.25) is 0 Å². The molecule has 0 saturated carbocycles. The van der Waals surface area contributed by atoms with Crippen LogP contribution in [0.2, 0.25) is 0 Å². The molecule has 0 spiro atoms. The summed E-state index contributed by atoms with van der Waals surface area (Å²) in [5, 5.41) is 2.50. The van der Waals surface area contributed by atoms with Crippen LogP contribution < -0.4 is 5.32 Å². The Morgan fingerprint density at radius 2 is 1.94 bits per heavy atom. The third kappa shape index (κ3) is 6.27. The SMILES string of the molecule is C=C[C@H](C)[C@@H](NC(=O)OC(C)(C)C)C(=O)OCC. The molecule has 0 saturated heterocycles. The molecule has 0 heterocycles. The lowest BCUT2D eigenvalue weighted by Gasteiger charge is -2.24. The highest BCUT2D eigenvalue weighted by molar-refractivity contribution is 5.82. The lowest BCUT2D eigenvalue weighted by atomic mass is 10.0. The van der Waals surface area contributed by atoms with E-state index in [9.17, 15) is 9.59 Å². The van der Waals surface area contributed by atoms with E-state index in [1.54, 1.807) is 40.7 Å². The molecular formula is C13H23NO4. The first-order valence-electron chi connectivity index (χ1n) is 6.00. The first-order valence-corrected chi connectivity index (χ1v) is 6.00. The summed E-state index contributed by atoms with van der Waals surface area (Å²) in [7, 11) is 0. The topological polar surface area (TPSA) is 64.6 Å². The highest BCUT2D eigenvalue weighted by atomic mass is 16.6. The second-order valence-corrected chi connectivity index (χ2v) is 4.97. The van der Waals surface area contributed by atoms with Crippen LogP contribution in [0.3, 0.4) is 0 Å². The number of alkyl carbamates (subject to hydrolysis) is 1. The molecule has 0 rings (SSSR count). The first-order chi connectivity index (χ1) is 8.21. The van der Waals surface area contributed by atoms with Gasteiger partial charge >= 0.3 is 12.1 Å². The fraction of sp³-hybridized carbons (Fsp3) is 0.692. The minimum absolute atomic E-state index is 0.239. The second kappa shape index (κ2) is 7.03. The number of esters is 1. The molecule has 1 amide bonds. The van der Waals surface area contributed by atoms with Crippen molar-refractivity contribution in [1.82, 2.24) is 5.32 Å². The third-order valence-corrected chi connectivity index (χ3v) is 2.11. The molecule has 2 atom stereocenters. The van der Waals surface area contributed by atoms with Crippen LogP contribution in [0.25, 0.3) is 0 Å². The molecule has 0 aliphatic heterocycles. The van der Waals surface area contributed by atoms with E-state index in [1.165, 1.54) is 0 Å². The molecule has 0 unspecified atom stereocenters. The number of amides is 1. The maximum Gasteiger partial charge on any atom is 0.408 e. The Labute approximate surface area is 109 Å². The van der Waals surface area contributed by atoms with Gasteiger partial charge in [-0.3, -0.25) is 0 Å². The van der Waals surface area contributed by atoms with E-state index in [0.29, 0.717) is 0 Å². The van der Waals surface area contributed by atoms with Gasteiger partial charge in [0.05, 0.1) is 6.61 Å². The van der Waals surface area contributed by atoms with Gasteiger partial charge in [0.25, 0.3) is 0 Å². The molecule has 5 nitrogen and oxygen atoms in total. The largest absolute Gasteiger partial charge is 0.464 e. The summed E-state index contributed by atoms with van der Waals surface area (Å²) in [6, 6.07) is -0.780. The number of carbonyl (C=O) groups is 2. The molecule has 0 bridgehead atoms. The number of rotatable bonds is 5. The number of hydrogen-bond donors (Lipinski definition) is 1. The molecule has 18 heavy (non-hydrogen) atoms. The fourth-order valence-electron chi connectivity index (χ4n) is 1.21. The zero-order valence-electron chi connectivity index (χ0n) is 11.8. The van der Waals surface area contributed by atoms with Crippen LogP contribution in [0.1, 0.15) is 34.6 Å². The van der Waals surface area contributed by atoms with E-state index in [-0.39, 0.29) is 12.5 Å². The van der Waals surface area contributed by atoms with Crippen LogP contribution >= 0.6 is 0 Å². The van der Waals surface area contributed by atoms with Crippen molar-refractivity contribution in [2.45, 2.75) is 46.3 Å². The van der Waals surface area contributed by atoms with Crippen molar-refractivity contribution in [1.29, 1.82) is 0 Å². The van der Waals surface area contributed by atoms with E-state index in [2.05, 4.69) is 11.9 Å². The highest BCUT2D eigenvalue weighted by Crippen LogP contribution is 2.10. The predicted molar refractivity (Wildman–Crippen MR) is 69.2 cm³/mol. The Morgan fingerprint density at radius 3 is 2.33 bits per heavy atom. The normalized spacial score (nSPS) is 14.3. The lowest BCUT2D eigenvalue weighted by molar-refractivity contribution is -0.146. The Bertz CT molecular complexity index is 307. The summed E-state index contributed by atoms with van der Waals surface area (Å²) >= 11 is 0. The van der Waals surface area contributed by atoms with E-state index in [4.69, 9.17) is 9.47 Å². The Hall–Kier alpha value is -1.52. The van der Waals surface area contributed by atoms with Crippen molar-refractivity contribution in [3.05, 3.63) is 12.7 Å². The zero-order chi connectivity index (χ0) is 14.3. The van der Waals surface area contributed by atoms with Gasteiger partial charge in [0.15, 0.2) is 0 Å². The standard InChI is InChI=1S/C13H23NO4/c1-7-9(3)10(11(15)17-8-2)14-12(16)18-13(4,5)6/h7,9-10H,1,8H2,2-6H3,(H,14,16)/t9-,10+/m0/s1. The summed E-state index contributed by atoms with van der Waals surface area (Å²) in [4.78, 5) is 23.3. The zero-order valence-corrected chi connectivity index (χ0v) is 11.8. The van der Waals surface area contributed by atoms with Crippen molar-refractivity contribution in [3.63, 3.8) is 0 Å². The highest BCUT2D eigenvalue weighted by Gasteiger charge is 2.28. The van der Waals surface area contributed by atoms with Crippen LogP contribution in [-0.2, 0) is 14.3 Å².